The van der Waals surface area contributed by atoms with Gasteiger partial charge < -0.3 is 9.84 Å². The summed E-state index contributed by atoms with van der Waals surface area (Å²) >= 11 is 7.29. The fourth-order valence-electron chi connectivity index (χ4n) is 1.73. The Balaban J connectivity index is 2.38. The summed E-state index contributed by atoms with van der Waals surface area (Å²) in [7, 11) is 0. The molecule has 114 valence electrons. The summed E-state index contributed by atoms with van der Waals surface area (Å²) < 4.78 is 5.24. The van der Waals surface area contributed by atoms with Gasteiger partial charge >= 0.3 is 0 Å². The summed E-state index contributed by atoms with van der Waals surface area (Å²) in [6.45, 7) is 4.00. The maximum Gasteiger partial charge on any atom is 0.271 e. The number of hydrogen-bond acceptors (Lipinski definition) is 6. The summed E-state index contributed by atoms with van der Waals surface area (Å²) in [6.07, 6.45) is 1.89. The summed E-state index contributed by atoms with van der Waals surface area (Å²) in [4.78, 5) is 4.30. The van der Waals surface area contributed by atoms with Crippen LogP contribution in [0.1, 0.15) is 19.7 Å². The largest absolute Gasteiger partial charge is 0.376 e. The second-order valence-electron chi connectivity index (χ2n) is 4.75. The molecule has 0 aliphatic heterocycles. The van der Waals surface area contributed by atoms with Crippen LogP contribution in [0.25, 0.3) is 17.0 Å². The highest BCUT2D eigenvalue weighted by Gasteiger charge is 2.17. The predicted molar refractivity (Wildman–Crippen MR) is 89.1 cm³/mol. The fourth-order valence-corrected chi connectivity index (χ4v) is 2.55. The molecule has 1 aromatic carbocycles. The highest BCUT2D eigenvalue weighted by Crippen LogP contribution is 2.25. The third kappa shape index (κ3) is 3.81. The van der Waals surface area contributed by atoms with Gasteiger partial charge in [-0.2, -0.15) is 10.2 Å². The normalized spacial score (nSPS) is 12.0. The first-order chi connectivity index (χ1) is 10.5. The van der Waals surface area contributed by atoms with Crippen LogP contribution in [0.4, 0.5) is 0 Å². The highest BCUT2D eigenvalue weighted by atomic mass is 35.5. The first kappa shape index (κ1) is 16.4. The quantitative estimate of drug-likeness (QED) is 0.835. The summed E-state index contributed by atoms with van der Waals surface area (Å²) in [6, 6.07) is 9.43. The van der Waals surface area contributed by atoms with Crippen LogP contribution < -0.4 is 5.32 Å². The number of nitrogens with one attached hydrogen (secondary N) is 1. The van der Waals surface area contributed by atoms with E-state index in [4.69, 9.17) is 16.1 Å². The average Bonchev–Trinajstić information content (AvgIpc) is 2.97. The molecular formula is C15H15ClN4OS. The van der Waals surface area contributed by atoms with Crippen LogP contribution in [-0.4, -0.2) is 22.4 Å². The van der Waals surface area contributed by atoms with Gasteiger partial charge in [-0.1, -0.05) is 16.8 Å². The molecule has 1 heterocycles. The molecule has 5 nitrogen and oxygen atoms in total. The molecular weight excluding hydrogens is 320 g/mol. The van der Waals surface area contributed by atoms with E-state index in [1.165, 1.54) is 11.8 Å². The second-order valence-corrected chi connectivity index (χ2v) is 6.00. The van der Waals surface area contributed by atoms with Gasteiger partial charge in [0.1, 0.15) is 11.6 Å². The average molecular weight is 335 g/mol. The van der Waals surface area contributed by atoms with Crippen molar-refractivity contribution in [2.75, 3.05) is 6.26 Å². The maximum atomic E-state index is 9.40. The molecule has 22 heavy (non-hydrogen) atoms. The lowest BCUT2D eigenvalue weighted by Gasteiger charge is -2.12. The molecule has 0 amide bonds. The third-order valence-corrected chi connectivity index (χ3v) is 3.69. The molecule has 2 rings (SSSR count). The van der Waals surface area contributed by atoms with Crippen molar-refractivity contribution < 1.29 is 4.52 Å². The fraction of sp³-hybridized carbons (Fsp3) is 0.267. The highest BCUT2D eigenvalue weighted by molar-refractivity contribution is 8.02. The Bertz CT molecular complexity index is 716. The molecule has 0 saturated carbocycles. The molecule has 1 N–H and O–H groups in total. The van der Waals surface area contributed by atoms with E-state index in [1.807, 2.05) is 20.1 Å². The lowest BCUT2D eigenvalue weighted by atomic mass is 10.2. The molecule has 0 saturated heterocycles. The Kier molecular flexibility index (Phi) is 5.47. The Labute approximate surface area is 138 Å². The number of halogens is 1. The summed E-state index contributed by atoms with van der Waals surface area (Å²) in [5.41, 5.74) is 1.12. The van der Waals surface area contributed by atoms with Crippen molar-refractivity contribution in [3.8, 4) is 17.5 Å². The van der Waals surface area contributed by atoms with Crippen LogP contribution in [0, 0.1) is 11.3 Å². The first-order valence-corrected chi connectivity index (χ1v) is 8.20. The van der Waals surface area contributed by atoms with Crippen molar-refractivity contribution in [3.05, 3.63) is 40.2 Å². The molecule has 1 aromatic heterocycles. The minimum atomic E-state index is 0.199. The lowest BCUT2D eigenvalue weighted by Crippen LogP contribution is -2.21. The molecule has 0 aliphatic rings. The van der Waals surface area contributed by atoms with Crippen molar-refractivity contribution >= 4 is 28.9 Å². The first-order valence-electron chi connectivity index (χ1n) is 6.60. The molecule has 0 radical (unpaired) electrons. The molecule has 2 aromatic rings. The van der Waals surface area contributed by atoms with Crippen LogP contribution in [-0.2, 0) is 0 Å². The van der Waals surface area contributed by atoms with Gasteiger partial charge in [0.15, 0.2) is 0 Å². The third-order valence-electron chi connectivity index (χ3n) is 2.71. The molecule has 7 heteroatoms. The van der Waals surface area contributed by atoms with E-state index in [0.29, 0.717) is 21.4 Å². The molecule has 0 bridgehead atoms. The number of thioether (sulfide) groups is 1. The van der Waals surface area contributed by atoms with E-state index in [0.717, 1.165) is 5.56 Å². The standard InChI is InChI=1S/C15H15ClN4OS/c1-9(2)18-15(22-3)12(8-17)14-19-13(20-21-14)10-4-6-11(16)7-5-10/h4-7,9,18H,1-3H3. The van der Waals surface area contributed by atoms with Gasteiger partial charge in [-0.15, -0.1) is 11.8 Å². The van der Waals surface area contributed by atoms with Gasteiger partial charge in [0.05, 0.1) is 5.03 Å². The molecule has 0 spiro atoms. The monoisotopic (exact) mass is 334 g/mol. The van der Waals surface area contributed by atoms with Gasteiger partial charge in [0, 0.05) is 16.6 Å². The Morgan fingerprint density at radius 1 is 1.36 bits per heavy atom. The topological polar surface area (TPSA) is 74.7 Å². The van der Waals surface area contributed by atoms with Crippen molar-refractivity contribution in [3.63, 3.8) is 0 Å². The second kappa shape index (κ2) is 7.34. The molecule has 0 aliphatic carbocycles. The van der Waals surface area contributed by atoms with E-state index in [9.17, 15) is 5.26 Å². The number of hydrogen-bond donors (Lipinski definition) is 1. The number of rotatable bonds is 5. The van der Waals surface area contributed by atoms with Gasteiger partial charge in [0.2, 0.25) is 5.82 Å². The van der Waals surface area contributed by atoms with Gasteiger partial charge in [-0.05, 0) is 44.4 Å². The number of benzene rings is 1. The van der Waals surface area contributed by atoms with Gasteiger partial charge in [-0.3, -0.25) is 0 Å². The number of allylic oxidation sites excluding steroid dienone is 1. The van der Waals surface area contributed by atoms with Crippen molar-refractivity contribution in [1.29, 1.82) is 5.26 Å². The minimum Gasteiger partial charge on any atom is -0.376 e. The van der Waals surface area contributed by atoms with Crippen LogP contribution in [0.3, 0.4) is 0 Å². The maximum absolute atomic E-state index is 9.40. The van der Waals surface area contributed by atoms with E-state index < -0.39 is 0 Å². The Hall–Kier alpha value is -1.97. The van der Waals surface area contributed by atoms with Crippen molar-refractivity contribution in [2.24, 2.45) is 0 Å². The predicted octanol–water partition coefficient (Wildman–Crippen LogP) is 3.94. The Morgan fingerprint density at radius 3 is 2.59 bits per heavy atom. The molecule has 0 unspecified atom stereocenters. The van der Waals surface area contributed by atoms with E-state index in [1.54, 1.807) is 24.3 Å². The summed E-state index contributed by atoms with van der Waals surface area (Å²) in [5.74, 6) is 0.620. The smallest absolute Gasteiger partial charge is 0.271 e. The van der Waals surface area contributed by atoms with Crippen LogP contribution in [0.15, 0.2) is 33.8 Å². The lowest BCUT2D eigenvalue weighted by molar-refractivity contribution is 0.409. The zero-order valence-corrected chi connectivity index (χ0v) is 14.0. The summed E-state index contributed by atoms with van der Waals surface area (Å²) in [5, 5.41) is 17.9. The van der Waals surface area contributed by atoms with E-state index >= 15 is 0 Å². The zero-order valence-electron chi connectivity index (χ0n) is 12.4. The van der Waals surface area contributed by atoms with Crippen molar-refractivity contribution in [1.82, 2.24) is 15.5 Å². The number of nitrogens with zero attached hydrogens (tertiary/aromatic N) is 3. The van der Waals surface area contributed by atoms with Gasteiger partial charge in [0.25, 0.3) is 5.89 Å². The Morgan fingerprint density at radius 2 is 2.05 bits per heavy atom. The minimum absolute atomic E-state index is 0.199. The SMILES string of the molecule is CSC(NC(C)C)=C(C#N)c1nc(-c2ccc(Cl)cc2)no1. The van der Waals surface area contributed by atoms with E-state index in [-0.39, 0.29) is 11.9 Å². The van der Waals surface area contributed by atoms with E-state index in [2.05, 4.69) is 21.5 Å². The van der Waals surface area contributed by atoms with Crippen LogP contribution in [0.2, 0.25) is 5.02 Å². The molecule has 0 fully saturated rings. The zero-order chi connectivity index (χ0) is 16.1. The number of aromatic nitrogens is 2. The van der Waals surface area contributed by atoms with Crippen LogP contribution in [0.5, 0.6) is 0 Å². The van der Waals surface area contributed by atoms with Gasteiger partial charge in [-0.25, -0.2) is 0 Å². The molecule has 0 atom stereocenters. The van der Waals surface area contributed by atoms with Crippen LogP contribution >= 0.6 is 23.4 Å². The van der Waals surface area contributed by atoms with Crippen molar-refractivity contribution in [2.45, 2.75) is 19.9 Å². The number of nitriles is 1.